The zero-order valence-corrected chi connectivity index (χ0v) is 10.5. The summed E-state index contributed by atoms with van der Waals surface area (Å²) in [7, 11) is 0. The van der Waals surface area contributed by atoms with Crippen molar-refractivity contribution in [1.82, 2.24) is 0 Å². The van der Waals surface area contributed by atoms with Crippen molar-refractivity contribution in [2.45, 2.75) is 59.2 Å². The highest BCUT2D eigenvalue weighted by molar-refractivity contribution is 4.78. The molecular formula is C11H21N3O. The van der Waals surface area contributed by atoms with Gasteiger partial charge >= 0.3 is 0 Å². The standard InChI is InChI=1S/C11H21N3O/c1-9(2)7-11(6,15-8-12)14-13-10(3,4)5/h9H,7H2,1-6H3/b14-13+. The molecule has 0 radical (unpaired) electrons. The first-order valence-electron chi connectivity index (χ1n) is 5.20. The second kappa shape index (κ2) is 5.11. The molecule has 0 aliphatic carbocycles. The van der Waals surface area contributed by atoms with Gasteiger partial charge in [-0.05, 0) is 33.6 Å². The minimum absolute atomic E-state index is 0.239. The van der Waals surface area contributed by atoms with Crippen LogP contribution in [0.2, 0.25) is 0 Å². The van der Waals surface area contributed by atoms with Crippen molar-refractivity contribution in [2.24, 2.45) is 16.1 Å². The molecule has 0 N–H and O–H groups in total. The van der Waals surface area contributed by atoms with Crippen molar-refractivity contribution in [1.29, 1.82) is 5.26 Å². The summed E-state index contributed by atoms with van der Waals surface area (Å²) in [6.07, 6.45) is 2.38. The molecule has 0 saturated heterocycles. The molecule has 0 saturated carbocycles. The normalized spacial score (nSPS) is 16.4. The van der Waals surface area contributed by atoms with Crippen LogP contribution in [0.25, 0.3) is 0 Å². The molecule has 0 spiro atoms. The van der Waals surface area contributed by atoms with E-state index < -0.39 is 5.72 Å². The number of ether oxygens (including phenoxy) is 1. The number of nitriles is 1. The summed E-state index contributed by atoms with van der Waals surface area (Å²) in [5, 5.41) is 16.9. The van der Waals surface area contributed by atoms with E-state index >= 15 is 0 Å². The van der Waals surface area contributed by atoms with Gasteiger partial charge in [0.1, 0.15) is 0 Å². The quantitative estimate of drug-likeness (QED) is 0.528. The van der Waals surface area contributed by atoms with Gasteiger partial charge < -0.3 is 4.74 Å². The molecule has 0 bridgehead atoms. The van der Waals surface area contributed by atoms with E-state index in [1.807, 2.05) is 20.8 Å². The maximum Gasteiger partial charge on any atom is 0.288 e. The van der Waals surface area contributed by atoms with Gasteiger partial charge in [0.2, 0.25) is 5.72 Å². The average molecular weight is 211 g/mol. The van der Waals surface area contributed by atoms with Gasteiger partial charge in [-0.15, -0.1) is 5.11 Å². The van der Waals surface area contributed by atoms with E-state index in [0.29, 0.717) is 12.3 Å². The Bertz CT molecular complexity index is 260. The lowest BCUT2D eigenvalue weighted by atomic mass is 10.0. The van der Waals surface area contributed by atoms with Crippen LogP contribution in [-0.2, 0) is 4.74 Å². The van der Waals surface area contributed by atoms with E-state index in [9.17, 15) is 0 Å². The molecule has 0 fully saturated rings. The fraction of sp³-hybridized carbons (Fsp3) is 0.909. The molecule has 15 heavy (non-hydrogen) atoms. The van der Waals surface area contributed by atoms with Crippen LogP contribution in [0.4, 0.5) is 0 Å². The van der Waals surface area contributed by atoms with Gasteiger partial charge in [-0.2, -0.15) is 10.4 Å². The number of azo groups is 1. The molecule has 0 aromatic rings. The molecule has 0 aromatic carbocycles. The van der Waals surface area contributed by atoms with Crippen molar-refractivity contribution in [3.05, 3.63) is 0 Å². The highest BCUT2D eigenvalue weighted by Crippen LogP contribution is 2.24. The van der Waals surface area contributed by atoms with Crippen LogP contribution in [0.5, 0.6) is 0 Å². The first-order valence-corrected chi connectivity index (χ1v) is 5.20. The predicted octanol–water partition coefficient (Wildman–Crippen LogP) is 3.50. The molecule has 0 rings (SSSR count). The Labute approximate surface area is 92.3 Å². The van der Waals surface area contributed by atoms with Crippen LogP contribution in [0.1, 0.15) is 48.0 Å². The summed E-state index contributed by atoms with van der Waals surface area (Å²) < 4.78 is 4.98. The predicted molar refractivity (Wildman–Crippen MR) is 59.2 cm³/mol. The van der Waals surface area contributed by atoms with Gasteiger partial charge in [-0.3, -0.25) is 0 Å². The summed E-state index contributed by atoms with van der Waals surface area (Å²) in [5.41, 5.74) is -1.06. The van der Waals surface area contributed by atoms with Crippen LogP contribution >= 0.6 is 0 Å². The maximum absolute atomic E-state index is 8.57. The monoisotopic (exact) mass is 211 g/mol. The van der Waals surface area contributed by atoms with Crippen molar-refractivity contribution in [3.8, 4) is 6.26 Å². The van der Waals surface area contributed by atoms with Gasteiger partial charge in [0.15, 0.2) is 0 Å². The second-order valence-corrected chi connectivity index (χ2v) is 5.34. The van der Waals surface area contributed by atoms with Crippen molar-refractivity contribution < 1.29 is 4.74 Å². The lowest BCUT2D eigenvalue weighted by Crippen LogP contribution is -2.27. The van der Waals surface area contributed by atoms with E-state index in [0.717, 1.165) is 0 Å². The highest BCUT2D eigenvalue weighted by atomic mass is 16.5. The molecule has 0 heterocycles. The van der Waals surface area contributed by atoms with E-state index in [-0.39, 0.29) is 5.54 Å². The lowest BCUT2D eigenvalue weighted by Gasteiger charge is -2.24. The van der Waals surface area contributed by atoms with E-state index in [2.05, 4.69) is 24.1 Å². The third-order valence-corrected chi connectivity index (χ3v) is 1.61. The van der Waals surface area contributed by atoms with E-state index in [1.165, 1.54) is 0 Å². The van der Waals surface area contributed by atoms with Gasteiger partial charge in [0.05, 0.1) is 5.54 Å². The number of hydrogen-bond donors (Lipinski definition) is 0. The zero-order valence-electron chi connectivity index (χ0n) is 10.5. The topological polar surface area (TPSA) is 57.7 Å². The SMILES string of the molecule is CC(C)CC(C)(/N=N/C(C)(C)C)OC#N. The molecule has 4 heteroatoms. The molecule has 86 valence electrons. The number of rotatable bonds is 4. The van der Waals surface area contributed by atoms with Crippen LogP contribution in [0.15, 0.2) is 10.2 Å². The first kappa shape index (κ1) is 13.9. The Balaban J connectivity index is 4.66. The van der Waals surface area contributed by atoms with Gasteiger partial charge in [0, 0.05) is 6.42 Å². The Morgan fingerprint density at radius 2 is 1.73 bits per heavy atom. The van der Waals surface area contributed by atoms with Crippen LogP contribution in [0, 0.1) is 17.4 Å². The van der Waals surface area contributed by atoms with Crippen LogP contribution in [0.3, 0.4) is 0 Å². The summed E-state index contributed by atoms with van der Waals surface area (Å²) in [4.78, 5) is 0. The Kier molecular flexibility index (Phi) is 4.73. The molecular weight excluding hydrogens is 190 g/mol. The molecule has 0 aliphatic heterocycles. The summed E-state index contributed by atoms with van der Waals surface area (Å²) in [5.74, 6) is 0.405. The van der Waals surface area contributed by atoms with Crippen LogP contribution in [-0.4, -0.2) is 11.3 Å². The molecule has 0 aliphatic rings. The summed E-state index contributed by atoms with van der Waals surface area (Å²) >= 11 is 0. The maximum atomic E-state index is 8.57. The number of nitrogens with zero attached hydrogens (tertiary/aromatic N) is 3. The zero-order chi connectivity index (χ0) is 12.1. The Hall–Kier alpha value is -1.11. The Morgan fingerprint density at radius 3 is 2.07 bits per heavy atom. The summed E-state index contributed by atoms with van der Waals surface area (Å²) in [6.45, 7) is 11.8. The lowest BCUT2D eigenvalue weighted by molar-refractivity contribution is 0.0318. The molecule has 1 unspecified atom stereocenters. The van der Waals surface area contributed by atoms with E-state index in [4.69, 9.17) is 10.00 Å². The fourth-order valence-electron chi connectivity index (χ4n) is 1.21. The molecule has 0 aromatic heterocycles. The van der Waals surface area contributed by atoms with Gasteiger partial charge in [-0.25, -0.2) is 0 Å². The Morgan fingerprint density at radius 1 is 1.20 bits per heavy atom. The van der Waals surface area contributed by atoms with Crippen LogP contribution < -0.4 is 0 Å². The minimum Gasteiger partial charge on any atom is -0.395 e. The third-order valence-electron chi connectivity index (χ3n) is 1.61. The fourth-order valence-corrected chi connectivity index (χ4v) is 1.21. The van der Waals surface area contributed by atoms with Crippen molar-refractivity contribution in [3.63, 3.8) is 0 Å². The number of hydrogen-bond acceptors (Lipinski definition) is 4. The first-order chi connectivity index (χ1) is 6.68. The highest BCUT2D eigenvalue weighted by Gasteiger charge is 2.28. The largest absolute Gasteiger partial charge is 0.395 e. The van der Waals surface area contributed by atoms with Crippen molar-refractivity contribution in [2.75, 3.05) is 0 Å². The molecule has 1 atom stereocenters. The average Bonchev–Trinajstić information content (AvgIpc) is 1.99. The smallest absolute Gasteiger partial charge is 0.288 e. The molecule has 0 amide bonds. The summed E-state index contributed by atoms with van der Waals surface area (Å²) in [6, 6.07) is 0. The van der Waals surface area contributed by atoms with Gasteiger partial charge in [0.25, 0.3) is 6.26 Å². The van der Waals surface area contributed by atoms with Gasteiger partial charge in [-0.1, -0.05) is 13.8 Å². The third kappa shape index (κ3) is 6.89. The molecule has 4 nitrogen and oxygen atoms in total. The minimum atomic E-state index is -0.823. The second-order valence-electron chi connectivity index (χ2n) is 5.34. The van der Waals surface area contributed by atoms with E-state index in [1.54, 1.807) is 13.2 Å². The van der Waals surface area contributed by atoms with Crippen molar-refractivity contribution >= 4 is 0 Å².